The maximum absolute atomic E-state index is 13.6. The molecule has 1 aliphatic heterocycles. The minimum absolute atomic E-state index is 0.232. The van der Waals surface area contributed by atoms with Crippen molar-refractivity contribution in [2.75, 3.05) is 6.54 Å². The van der Waals surface area contributed by atoms with E-state index < -0.39 is 5.97 Å². The average Bonchev–Trinajstić information content (AvgIpc) is 3.63. The lowest BCUT2D eigenvalue weighted by Gasteiger charge is -2.17. The number of unbranched alkanes of at least 4 members (excludes halogenated alkanes) is 4. The van der Waals surface area contributed by atoms with Gasteiger partial charge in [-0.05, 0) is 59.0 Å². The standard InChI is InChI=1S/C30H36N4O4S/c1-3-5-7-8-15-32-28(35)26(34(30(32)38)20-23-14-16-39-21-23)17-25-18-31-27(9-6-4-2)33(25)19-22-10-12-24(13-11-22)29(36)37/h10-14,16-18,21H,3-9,15,19-20H2,1-2H3,(H,36,37). The third-order valence-corrected chi connectivity index (χ3v) is 7.65. The Balaban J connectivity index is 1.68. The minimum atomic E-state index is -0.965. The number of benzene rings is 1. The molecule has 39 heavy (non-hydrogen) atoms. The van der Waals surface area contributed by atoms with Crippen molar-refractivity contribution in [3.05, 3.63) is 81.2 Å². The van der Waals surface area contributed by atoms with Crippen molar-refractivity contribution in [1.29, 1.82) is 0 Å². The first-order valence-corrected chi connectivity index (χ1v) is 14.6. The third kappa shape index (κ3) is 6.84. The Labute approximate surface area is 233 Å². The number of carboxylic acid groups (broad SMARTS) is 1. The molecule has 4 rings (SSSR count). The number of urea groups is 1. The molecule has 1 aromatic carbocycles. The van der Waals surface area contributed by atoms with E-state index >= 15 is 0 Å². The van der Waals surface area contributed by atoms with Crippen LogP contribution in [0.1, 0.15) is 85.4 Å². The molecular formula is C30H36N4O4S. The second-order valence-electron chi connectivity index (χ2n) is 9.84. The highest BCUT2D eigenvalue weighted by atomic mass is 32.1. The smallest absolute Gasteiger partial charge is 0.335 e. The van der Waals surface area contributed by atoms with Gasteiger partial charge in [0, 0.05) is 19.5 Å². The number of hydrogen-bond acceptors (Lipinski definition) is 5. The minimum Gasteiger partial charge on any atom is -0.478 e. The molecule has 1 aliphatic rings. The predicted octanol–water partition coefficient (Wildman–Crippen LogP) is 6.42. The summed E-state index contributed by atoms with van der Waals surface area (Å²) >= 11 is 1.56. The molecule has 1 N–H and O–H groups in total. The molecule has 3 aromatic rings. The number of nitrogens with zero attached hydrogens (tertiary/aromatic N) is 4. The van der Waals surface area contributed by atoms with E-state index in [-0.39, 0.29) is 17.5 Å². The van der Waals surface area contributed by atoms with Gasteiger partial charge in [-0.1, -0.05) is 51.7 Å². The molecule has 3 heterocycles. The number of aromatic carboxylic acids is 1. The second kappa shape index (κ2) is 13.4. The van der Waals surface area contributed by atoms with Crippen LogP contribution in [-0.2, 0) is 24.3 Å². The van der Waals surface area contributed by atoms with Gasteiger partial charge in [-0.3, -0.25) is 14.6 Å². The number of carbonyl (C=O) groups is 3. The predicted molar refractivity (Wildman–Crippen MR) is 152 cm³/mol. The Morgan fingerprint density at radius 2 is 1.72 bits per heavy atom. The lowest BCUT2D eigenvalue weighted by molar-refractivity contribution is -0.123. The van der Waals surface area contributed by atoms with Gasteiger partial charge in [0.05, 0.1) is 24.0 Å². The number of carbonyl (C=O) groups excluding carboxylic acids is 2. The number of rotatable bonds is 14. The van der Waals surface area contributed by atoms with E-state index in [4.69, 9.17) is 0 Å². The van der Waals surface area contributed by atoms with Crippen LogP contribution in [0.3, 0.4) is 0 Å². The Kier molecular flexibility index (Phi) is 9.70. The molecule has 0 spiro atoms. The van der Waals surface area contributed by atoms with Crippen LogP contribution < -0.4 is 0 Å². The molecule has 2 aromatic heterocycles. The van der Waals surface area contributed by atoms with Crippen molar-refractivity contribution in [2.24, 2.45) is 0 Å². The molecule has 1 saturated heterocycles. The van der Waals surface area contributed by atoms with Crippen molar-refractivity contribution < 1.29 is 19.5 Å². The molecule has 0 radical (unpaired) electrons. The van der Waals surface area contributed by atoms with Gasteiger partial charge in [-0.2, -0.15) is 11.3 Å². The SMILES string of the molecule is CCCCCCN1C(=O)C(=Cc2cnc(CCCC)n2Cc2ccc(C(=O)O)cc2)N(Cc2ccsc2)C1=O. The highest BCUT2D eigenvalue weighted by Gasteiger charge is 2.40. The van der Waals surface area contributed by atoms with Crippen LogP contribution in [0.25, 0.3) is 6.08 Å². The van der Waals surface area contributed by atoms with Gasteiger partial charge >= 0.3 is 12.0 Å². The van der Waals surface area contributed by atoms with E-state index in [1.54, 1.807) is 52.8 Å². The first-order valence-electron chi connectivity index (χ1n) is 13.7. The van der Waals surface area contributed by atoms with Crippen LogP contribution in [0.5, 0.6) is 0 Å². The third-order valence-electron chi connectivity index (χ3n) is 6.92. The number of aryl methyl sites for hydroxylation is 1. The van der Waals surface area contributed by atoms with Gasteiger partial charge in [-0.25, -0.2) is 14.6 Å². The summed E-state index contributed by atoms with van der Waals surface area (Å²) in [6.07, 6.45) is 10.2. The fourth-order valence-electron chi connectivity index (χ4n) is 4.68. The highest BCUT2D eigenvalue weighted by molar-refractivity contribution is 7.07. The van der Waals surface area contributed by atoms with E-state index in [1.807, 2.05) is 16.8 Å². The Hall–Kier alpha value is -3.72. The lowest BCUT2D eigenvalue weighted by atomic mass is 10.1. The molecule has 3 amide bonds. The van der Waals surface area contributed by atoms with Crippen LogP contribution in [0.15, 0.2) is 53.0 Å². The summed E-state index contributed by atoms with van der Waals surface area (Å²) in [6.45, 7) is 5.48. The summed E-state index contributed by atoms with van der Waals surface area (Å²) in [6, 6.07) is 8.48. The van der Waals surface area contributed by atoms with E-state index in [9.17, 15) is 19.5 Å². The summed E-state index contributed by atoms with van der Waals surface area (Å²) < 4.78 is 2.06. The van der Waals surface area contributed by atoms with Crippen LogP contribution in [0.2, 0.25) is 0 Å². The van der Waals surface area contributed by atoms with E-state index in [2.05, 4.69) is 23.4 Å². The van der Waals surface area contributed by atoms with E-state index in [0.717, 1.165) is 67.6 Å². The van der Waals surface area contributed by atoms with Crippen molar-refractivity contribution in [1.82, 2.24) is 19.4 Å². The zero-order valence-electron chi connectivity index (χ0n) is 22.6. The molecular weight excluding hydrogens is 512 g/mol. The molecule has 0 unspecified atom stereocenters. The average molecular weight is 549 g/mol. The molecule has 0 bridgehead atoms. The number of imidazole rings is 1. The number of hydrogen-bond donors (Lipinski definition) is 1. The van der Waals surface area contributed by atoms with E-state index in [1.165, 1.54) is 4.90 Å². The summed E-state index contributed by atoms with van der Waals surface area (Å²) in [4.78, 5) is 45.9. The summed E-state index contributed by atoms with van der Waals surface area (Å²) in [5, 5.41) is 13.2. The number of aromatic nitrogens is 2. The van der Waals surface area contributed by atoms with Gasteiger partial charge in [-0.15, -0.1) is 0 Å². The fraction of sp³-hybridized carbons (Fsp3) is 0.400. The monoisotopic (exact) mass is 548 g/mol. The van der Waals surface area contributed by atoms with Crippen molar-refractivity contribution in [2.45, 2.75) is 71.9 Å². The zero-order valence-corrected chi connectivity index (χ0v) is 23.5. The molecule has 0 saturated carbocycles. The van der Waals surface area contributed by atoms with Crippen LogP contribution in [0.4, 0.5) is 4.79 Å². The number of carboxylic acids is 1. The van der Waals surface area contributed by atoms with Crippen LogP contribution in [0, 0.1) is 0 Å². The largest absolute Gasteiger partial charge is 0.478 e. The maximum Gasteiger partial charge on any atom is 0.335 e. The quantitative estimate of drug-likeness (QED) is 0.142. The van der Waals surface area contributed by atoms with Gasteiger partial charge in [0.1, 0.15) is 11.5 Å². The highest BCUT2D eigenvalue weighted by Crippen LogP contribution is 2.28. The summed E-state index contributed by atoms with van der Waals surface area (Å²) in [5.74, 6) is -0.350. The number of amides is 3. The number of thiophene rings is 1. The van der Waals surface area contributed by atoms with Gasteiger partial charge in [0.15, 0.2) is 0 Å². The normalized spacial score (nSPS) is 14.7. The lowest BCUT2D eigenvalue weighted by Crippen LogP contribution is -2.33. The molecule has 0 aliphatic carbocycles. The molecule has 1 fully saturated rings. The molecule has 206 valence electrons. The van der Waals surface area contributed by atoms with E-state index in [0.29, 0.717) is 25.3 Å². The Morgan fingerprint density at radius 1 is 0.949 bits per heavy atom. The van der Waals surface area contributed by atoms with Crippen molar-refractivity contribution >= 4 is 35.3 Å². The maximum atomic E-state index is 13.6. The fourth-order valence-corrected chi connectivity index (χ4v) is 5.34. The van der Waals surface area contributed by atoms with Crippen LogP contribution in [-0.4, -0.2) is 48.9 Å². The molecule has 8 nitrogen and oxygen atoms in total. The number of imide groups is 1. The van der Waals surface area contributed by atoms with Gasteiger partial charge in [0.25, 0.3) is 5.91 Å². The van der Waals surface area contributed by atoms with Gasteiger partial charge in [0.2, 0.25) is 0 Å². The first kappa shape index (κ1) is 28.3. The van der Waals surface area contributed by atoms with Crippen LogP contribution >= 0.6 is 11.3 Å². The Morgan fingerprint density at radius 3 is 2.38 bits per heavy atom. The zero-order chi connectivity index (χ0) is 27.8. The summed E-state index contributed by atoms with van der Waals surface area (Å²) in [7, 11) is 0. The molecule has 9 heteroatoms. The molecule has 0 atom stereocenters. The van der Waals surface area contributed by atoms with Crippen molar-refractivity contribution in [3.63, 3.8) is 0 Å². The second-order valence-corrected chi connectivity index (χ2v) is 10.6. The Bertz CT molecular complexity index is 1310. The van der Waals surface area contributed by atoms with Crippen molar-refractivity contribution in [3.8, 4) is 0 Å². The first-order chi connectivity index (χ1) is 18.9. The topological polar surface area (TPSA) is 95.7 Å². The summed E-state index contributed by atoms with van der Waals surface area (Å²) in [5.41, 5.74) is 3.23. The van der Waals surface area contributed by atoms with Gasteiger partial charge < -0.3 is 9.67 Å².